The maximum Gasteiger partial charge on any atom is 0.303 e. The van der Waals surface area contributed by atoms with Crippen LogP contribution >= 0.6 is 0 Å². The molecule has 6 fully saturated rings. The van der Waals surface area contributed by atoms with Gasteiger partial charge < -0.3 is 30.9 Å². The Hall–Kier alpha value is -0.920. The molecule has 0 aromatic rings. The SMILES string of the molecule is C=CC[N+]1([C@H]2C[C@H]3[C@@H]4CC[C@H]5C[C@H](OC(C)=O)[C@@H](N6CCCC6)C[C@]5(C)[C@H]4CC[C@]3(C)[C@H]2OC(C)=O)CCCC1.[Br-]. The lowest BCUT2D eigenvalue weighted by Crippen LogP contribution is -3.00. The number of hydrogen-bond donors (Lipinski definition) is 0. The van der Waals surface area contributed by atoms with Crippen molar-refractivity contribution in [2.75, 3.05) is 32.7 Å². The zero-order chi connectivity index (χ0) is 28.3. The zero-order valence-corrected chi connectivity index (χ0v) is 27.7. The van der Waals surface area contributed by atoms with E-state index < -0.39 is 0 Å². The first-order chi connectivity index (χ1) is 19.1. The first-order valence-electron chi connectivity index (χ1n) is 16.7. The minimum Gasteiger partial charge on any atom is -1.00 e. The molecule has 0 radical (unpaired) electrons. The monoisotopic (exact) mass is 634 g/mol. The van der Waals surface area contributed by atoms with Gasteiger partial charge in [-0.1, -0.05) is 20.4 Å². The van der Waals surface area contributed by atoms with E-state index in [9.17, 15) is 9.59 Å². The summed E-state index contributed by atoms with van der Waals surface area (Å²) < 4.78 is 13.5. The minimum atomic E-state index is -0.119. The highest BCUT2D eigenvalue weighted by Crippen LogP contribution is 2.68. The van der Waals surface area contributed by atoms with Crippen molar-refractivity contribution >= 4 is 11.9 Å². The number of quaternary nitrogens is 1. The van der Waals surface area contributed by atoms with Gasteiger partial charge >= 0.3 is 11.9 Å². The fraction of sp³-hybridized carbons (Fsp3) is 0.882. The summed E-state index contributed by atoms with van der Waals surface area (Å²) in [5.41, 5.74) is 0.337. The summed E-state index contributed by atoms with van der Waals surface area (Å²) in [7, 11) is 0. The molecule has 10 atom stereocenters. The van der Waals surface area contributed by atoms with Gasteiger partial charge in [0, 0.05) is 44.6 Å². The molecule has 2 heterocycles. The standard InChI is InChI=1S/C34H55N2O4.BrH/c1-6-17-36(18-9-10-19-36)30-21-28-26-12-11-25-20-31(39-23(2)37)29(35-15-7-8-16-35)22-34(25,5)27(26)13-14-33(28,4)32(30)40-24(3)38;/h6,25-32H,1,7-22H2,2-5H3;1H/q+1;/p-1/t25-,26+,27-,28-,29-,30-,31-,32-,33-,34-;/m0./s1. The van der Waals surface area contributed by atoms with Crippen LogP contribution in [0.15, 0.2) is 12.7 Å². The van der Waals surface area contributed by atoms with Crippen LogP contribution in [0.3, 0.4) is 0 Å². The average molecular weight is 636 g/mol. The van der Waals surface area contributed by atoms with Crippen molar-refractivity contribution in [1.82, 2.24) is 4.90 Å². The molecule has 232 valence electrons. The molecule has 0 aromatic carbocycles. The second-order valence-corrected chi connectivity index (χ2v) is 15.3. The fourth-order valence-corrected chi connectivity index (χ4v) is 11.8. The van der Waals surface area contributed by atoms with E-state index in [4.69, 9.17) is 9.47 Å². The molecular weight excluding hydrogens is 580 g/mol. The first kappa shape index (κ1) is 31.5. The molecule has 0 N–H and O–H groups in total. The summed E-state index contributed by atoms with van der Waals surface area (Å²) in [5, 5.41) is 0. The molecule has 0 unspecified atom stereocenters. The highest BCUT2D eigenvalue weighted by atomic mass is 79.9. The van der Waals surface area contributed by atoms with E-state index in [2.05, 4.69) is 31.4 Å². The summed E-state index contributed by atoms with van der Waals surface area (Å²) in [6.45, 7) is 18.1. The lowest BCUT2D eigenvalue weighted by Gasteiger charge is -2.62. The van der Waals surface area contributed by atoms with Crippen LogP contribution in [0.2, 0.25) is 0 Å². The largest absolute Gasteiger partial charge is 1.00 e. The molecule has 0 aromatic heterocycles. The second-order valence-electron chi connectivity index (χ2n) is 15.3. The van der Waals surface area contributed by atoms with Crippen LogP contribution in [0, 0.1) is 34.5 Å². The predicted octanol–water partition coefficient (Wildman–Crippen LogP) is 2.75. The normalized spacial score (nSPS) is 45.1. The molecule has 4 saturated carbocycles. The molecule has 4 aliphatic carbocycles. The van der Waals surface area contributed by atoms with Gasteiger partial charge in [-0.3, -0.25) is 14.5 Å². The van der Waals surface area contributed by atoms with Crippen molar-refractivity contribution in [3.63, 3.8) is 0 Å². The summed E-state index contributed by atoms with van der Waals surface area (Å²) in [6, 6.07) is 0.747. The van der Waals surface area contributed by atoms with E-state index in [-0.39, 0.29) is 52.0 Å². The van der Waals surface area contributed by atoms with Gasteiger partial charge in [0.2, 0.25) is 0 Å². The molecule has 2 aliphatic heterocycles. The van der Waals surface area contributed by atoms with Gasteiger partial charge in [-0.2, -0.15) is 0 Å². The molecule has 6 aliphatic rings. The average Bonchev–Trinajstić information content (AvgIpc) is 3.64. The third-order valence-electron chi connectivity index (χ3n) is 13.5. The predicted molar refractivity (Wildman–Crippen MR) is 156 cm³/mol. The van der Waals surface area contributed by atoms with E-state index in [1.54, 1.807) is 13.8 Å². The van der Waals surface area contributed by atoms with Gasteiger partial charge in [0.1, 0.15) is 12.1 Å². The van der Waals surface area contributed by atoms with Crippen LogP contribution in [0.4, 0.5) is 0 Å². The van der Waals surface area contributed by atoms with Gasteiger partial charge in [0.05, 0.1) is 19.6 Å². The van der Waals surface area contributed by atoms with Crippen LogP contribution in [-0.4, -0.2) is 78.3 Å². The highest BCUT2D eigenvalue weighted by Gasteiger charge is 2.67. The highest BCUT2D eigenvalue weighted by molar-refractivity contribution is 5.66. The molecule has 2 saturated heterocycles. The number of nitrogens with zero attached hydrogens (tertiary/aromatic N) is 2. The minimum absolute atomic E-state index is 0. The molecule has 7 heteroatoms. The van der Waals surface area contributed by atoms with Gasteiger partial charge in [0.25, 0.3) is 0 Å². The maximum atomic E-state index is 12.5. The lowest BCUT2D eigenvalue weighted by atomic mass is 9.44. The number of ether oxygens (including phenoxy) is 2. The molecule has 0 amide bonds. The number of carbonyl (C=O) groups is 2. The van der Waals surface area contributed by atoms with Gasteiger partial charge in [-0.15, -0.1) is 0 Å². The quantitative estimate of drug-likeness (QED) is 0.256. The Morgan fingerprint density at radius 2 is 1.61 bits per heavy atom. The van der Waals surface area contributed by atoms with Gasteiger partial charge in [-0.05, 0) is 99.6 Å². The number of fused-ring (bicyclic) bond motifs is 5. The number of hydrogen-bond acceptors (Lipinski definition) is 5. The Labute approximate surface area is 259 Å². The Kier molecular flexibility index (Phi) is 9.12. The summed E-state index contributed by atoms with van der Waals surface area (Å²) >= 11 is 0. The smallest absolute Gasteiger partial charge is 0.303 e. The number of esters is 2. The topological polar surface area (TPSA) is 55.8 Å². The lowest BCUT2D eigenvalue weighted by molar-refractivity contribution is -0.937. The maximum absolute atomic E-state index is 12.5. The Morgan fingerprint density at radius 1 is 0.927 bits per heavy atom. The third-order valence-corrected chi connectivity index (χ3v) is 13.5. The van der Waals surface area contributed by atoms with Crippen molar-refractivity contribution in [1.29, 1.82) is 0 Å². The number of likely N-dealkylation sites (tertiary alicyclic amines) is 2. The van der Waals surface area contributed by atoms with E-state index >= 15 is 0 Å². The van der Waals surface area contributed by atoms with Gasteiger partial charge in [-0.25, -0.2) is 0 Å². The fourth-order valence-electron chi connectivity index (χ4n) is 11.8. The van der Waals surface area contributed by atoms with Crippen LogP contribution in [0.5, 0.6) is 0 Å². The Balaban J connectivity index is 0.00000337. The molecular formula is C34H55BrN2O4. The molecule has 41 heavy (non-hydrogen) atoms. The molecule has 6 rings (SSSR count). The van der Waals surface area contributed by atoms with Crippen molar-refractivity contribution < 1.29 is 40.5 Å². The summed E-state index contributed by atoms with van der Waals surface area (Å²) in [6.07, 6.45) is 15.5. The van der Waals surface area contributed by atoms with Crippen molar-refractivity contribution in [2.45, 2.75) is 123 Å². The number of halogens is 1. The van der Waals surface area contributed by atoms with Crippen LogP contribution < -0.4 is 17.0 Å². The van der Waals surface area contributed by atoms with Crippen LogP contribution in [-0.2, 0) is 19.1 Å². The van der Waals surface area contributed by atoms with Gasteiger partial charge in [0.15, 0.2) is 6.10 Å². The number of carbonyl (C=O) groups excluding carboxylic acids is 2. The third kappa shape index (κ3) is 5.26. The zero-order valence-electron chi connectivity index (χ0n) is 26.1. The first-order valence-corrected chi connectivity index (χ1v) is 16.7. The van der Waals surface area contributed by atoms with Crippen LogP contribution in [0.1, 0.15) is 98.3 Å². The van der Waals surface area contributed by atoms with Crippen LogP contribution in [0.25, 0.3) is 0 Å². The van der Waals surface area contributed by atoms with E-state index in [1.807, 2.05) is 0 Å². The van der Waals surface area contributed by atoms with E-state index in [1.165, 1.54) is 64.5 Å². The van der Waals surface area contributed by atoms with E-state index in [0.29, 0.717) is 35.8 Å². The molecule has 6 nitrogen and oxygen atoms in total. The van der Waals surface area contributed by atoms with Crippen molar-refractivity contribution in [3.8, 4) is 0 Å². The summed E-state index contributed by atoms with van der Waals surface area (Å²) in [4.78, 5) is 27.3. The van der Waals surface area contributed by atoms with E-state index in [0.717, 1.165) is 43.4 Å². The van der Waals surface area contributed by atoms with Crippen molar-refractivity contribution in [3.05, 3.63) is 12.7 Å². The Morgan fingerprint density at radius 3 is 2.24 bits per heavy atom. The number of rotatable bonds is 6. The molecule has 0 bridgehead atoms. The second kappa shape index (κ2) is 11.9. The summed E-state index contributed by atoms with van der Waals surface area (Å²) in [5.74, 6) is 2.40. The Bertz CT molecular complexity index is 993. The van der Waals surface area contributed by atoms with Crippen molar-refractivity contribution in [2.24, 2.45) is 34.5 Å². The molecule has 0 spiro atoms.